The van der Waals surface area contributed by atoms with Gasteiger partial charge in [0.15, 0.2) is 6.10 Å². The molecule has 1 aromatic carbocycles. The average molecular weight is 245 g/mol. The van der Waals surface area contributed by atoms with E-state index in [2.05, 4.69) is 6.58 Å². The highest BCUT2D eigenvalue weighted by atomic mass is 16.5. The van der Waals surface area contributed by atoms with Gasteiger partial charge in [-0.1, -0.05) is 13.0 Å². The molecule has 0 fully saturated rings. The molecule has 0 spiro atoms. The zero-order valence-electron chi connectivity index (χ0n) is 10.3. The van der Waals surface area contributed by atoms with Gasteiger partial charge in [0.05, 0.1) is 5.69 Å². The van der Waals surface area contributed by atoms with E-state index in [4.69, 9.17) is 4.74 Å². The van der Waals surface area contributed by atoms with E-state index in [1.807, 2.05) is 6.92 Å². The van der Waals surface area contributed by atoms with E-state index in [1.54, 1.807) is 29.2 Å². The summed E-state index contributed by atoms with van der Waals surface area (Å²) < 4.78 is 5.63. The van der Waals surface area contributed by atoms with Crippen LogP contribution in [-0.4, -0.2) is 24.8 Å². The molecule has 0 saturated carbocycles. The van der Waals surface area contributed by atoms with Crippen LogP contribution in [0.25, 0.3) is 0 Å². The summed E-state index contributed by atoms with van der Waals surface area (Å²) in [6.07, 6.45) is 2.57. The van der Waals surface area contributed by atoms with Gasteiger partial charge in [-0.2, -0.15) is 0 Å². The van der Waals surface area contributed by atoms with Crippen molar-refractivity contribution in [2.24, 2.45) is 0 Å². The predicted molar refractivity (Wildman–Crippen MR) is 69.1 cm³/mol. The molecule has 1 unspecified atom stereocenters. The molecule has 1 atom stereocenters. The van der Waals surface area contributed by atoms with Crippen molar-refractivity contribution in [1.29, 1.82) is 0 Å². The molecule has 18 heavy (non-hydrogen) atoms. The second kappa shape index (κ2) is 5.04. The molecule has 0 aliphatic carbocycles. The molecule has 2 rings (SSSR count). The molecule has 0 radical (unpaired) electrons. The minimum Gasteiger partial charge on any atom is -0.478 e. The molecular weight excluding hydrogens is 230 g/mol. The number of nitrogens with zero attached hydrogens (tertiary/aromatic N) is 1. The van der Waals surface area contributed by atoms with Crippen LogP contribution >= 0.6 is 0 Å². The van der Waals surface area contributed by atoms with Gasteiger partial charge in [-0.25, -0.2) is 0 Å². The molecule has 0 saturated heterocycles. The van der Waals surface area contributed by atoms with E-state index in [9.17, 15) is 9.59 Å². The monoisotopic (exact) mass is 245 g/mol. The molecule has 0 aromatic heterocycles. The summed E-state index contributed by atoms with van der Waals surface area (Å²) in [5, 5.41) is 0. The second-order valence-corrected chi connectivity index (χ2v) is 4.10. The van der Waals surface area contributed by atoms with E-state index in [0.717, 1.165) is 6.29 Å². The average Bonchev–Trinajstić information content (AvgIpc) is 2.41. The lowest BCUT2D eigenvalue weighted by Gasteiger charge is -2.33. The van der Waals surface area contributed by atoms with E-state index < -0.39 is 6.10 Å². The quantitative estimate of drug-likeness (QED) is 0.603. The molecule has 1 aliphatic rings. The van der Waals surface area contributed by atoms with Gasteiger partial charge in [-0.3, -0.25) is 9.59 Å². The van der Waals surface area contributed by atoms with Crippen molar-refractivity contribution < 1.29 is 14.3 Å². The van der Waals surface area contributed by atoms with Gasteiger partial charge in [0.2, 0.25) is 0 Å². The Hall–Kier alpha value is -2.10. The van der Waals surface area contributed by atoms with Crippen LogP contribution in [0.4, 0.5) is 5.69 Å². The number of anilines is 1. The van der Waals surface area contributed by atoms with Crippen LogP contribution in [0.3, 0.4) is 0 Å². The van der Waals surface area contributed by atoms with E-state index in [-0.39, 0.29) is 5.91 Å². The number of fused-ring (bicyclic) bond motifs is 1. The normalized spacial score (nSPS) is 17.9. The largest absolute Gasteiger partial charge is 0.478 e. The molecule has 0 bridgehead atoms. The summed E-state index contributed by atoms with van der Waals surface area (Å²) in [5.41, 5.74) is 1.16. The number of hydrogen-bond acceptors (Lipinski definition) is 3. The number of carbonyl (C=O) groups excluding carboxylic acids is 2. The van der Waals surface area contributed by atoms with Crippen LogP contribution in [0.15, 0.2) is 30.9 Å². The molecular formula is C14H15NO3. The van der Waals surface area contributed by atoms with Gasteiger partial charge in [0.1, 0.15) is 12.0 Å². The second-order valence-electron chi connectivity index (χ2n) is 4.10. The summed E-state index contributed by atoms with van der Waals surface area (Å²) in [6, 6.07) is 5.07. The Labute approximate surface area is 106 Å². The molecule has 4 nitrogen and oxygen atoms in total. The van der Waals surface area contributed by atoms with Crippen molar-refractivity contribution in [3.05, 3.63) is 36.4 Å². The fourth-order valence-corrected chi connectivity index (χ4v) is 1.99. The Kier molecular flexibility index (Phi) is 3.46. The molecule has 1 heterocycles. The summed E-state index contributed by atoms with van der Waals surface area (Å²) in [6.45, 7) is 5.96. The first-order chi connectivity index (χ1) is 8.71. The molecule has 94 valence electrons. The van der Waals surface area contributed by atoms with Crippen LogP contribution in [0.2, 0.25) is 0 Å². The third kappa shape index (κ3) is 2.01. The fourth-order valence-electron chi connectivity index (χ4n) is 1.99. The van der Waals surface area contributed by atoms with Crippen LogP contribution in [-0.2, 0) is 4.79 Å². The predicted octanol–water partition coefficient (Wildman–Crippen LogP) is 2.19. The molecule has 1 amide bonds. The maximum Gasteiger partial charge on any atom is 0.268 e. The minimum absolute atomic E-state index is 0.0899. The van der Waals surface area contributed by atoms with Gasteiger partial charge in [-0.15, -0.1) is 6.58 Å². The van der Waals surface area contributed by atoms with Gasteiger partial charge in [0, 0.05) is 12.1 Å². The van der Waals surface area contributed by atoms with Crippen molar-refractivity contribution >= 4 is 17.9 Å². The van der Waals surface area contributed by atoms with Crippen molar-refractivity contribution in [3.63, 3.8) is 0 Å². The maximum absolute atomic E-state index is 12.2. The standard InChI is InChI=1S/C14H15NO3/c1-3-7-15-11-8-10(9-16)5-6-13(11)18-12(4-2)14(15)17/h3,5-6,8-9,12H,1,4,7H2,2H3. The van der Waals surface area contributed by atoms with Gasteiger partial charge >= 0.3 is 0 Å². The zero-order valence-corrected chi connectivity index (χ0v) is 10.3. The first-order valence-electron chi connectivity index (χ1n) is 5.89. The number of benzene rings is 1. The summed E-state index contributed by atoms with van der Waals surface area (Å²) in [5.74, 6) is 0.543. The first-order valence-corrected chi connectivity index (χ1v) is 5.89. The molecule has 0 N–H and O–H groups in total. The topological polar surface area (TPSA) is 46.6 Å². The lowest BCUT2D eigenvalue weighted by molar-refractivity contribution is -0.126. The number of amides is 1. The highest BCUT2D eigenvalue weighted by Gasteiger charge is 2.32. The Morgan fingerprint density at radius 2 is 2.28 bits per heavy atom. The van der Waals surface area contributed by atoms with Gasteiger partial charge < -0.3 is 9.64 Å². The summed E-state index contributed by atoms with van der Waals surface area (Å²) in [4.78, 5) is 24.6. The molecule has 1 aromatic rings. The van der Waals surface area contributed by atoms with Crippen molar-refractivity contribution in [2.45, 2.75) is 19.4 Å². The smallest absolute Gasteiger partial charge is 0.268 e. The van der Waals surface area contributed by atoms with Crippen molar-refractivity contribution in [1.82, 2.24) is 0 Å². The van der Waals surface area contributed by atoms with Crippen LogP contribution in [0.1, 0.15) is 23.7 Å². The van der Waals surface area contributed by atoms with Crippen molar-refractivity contribution in [2.75, 3.05) is 11.4 Å². The lowest BCUT2D eigenvalue weighted by atomic mass is 10.1. The Morgan fingerprint density at radius 3 is 2.89 bits per heavy atom. The van der Waals surface area contributed by atoms with Gasteiger partial charge in [0.25, 0.3) is 5.91 Å². The Morgan fingerprint density at radius 1 is 1.50 bits per heavy atom. The third-order valence-corrected chi connectivity index (χ3v) is 2.90. The molecule has 1 aliphatic heterocycles. The molecule has 4 heteroatoms. The van der Waals surface area contributed by atoms with E-state index >= 15 is 0 Å². The number of hydrogen-bond donors (Lipinski definition) is 0. The highest BCUT2D eigenvalue weighted by molar-refractivity contribution is 6.01. The highest BCUT2D eigenvalue weighted by Crippen LogP contribution is 2.35. The van der Waals surface area contributed by atoms with E-state index in [1.165, 1.54) is 0 Å². The van der Waals surface area contributed by atoms with E-state index in [0.29, 0.717) is 30.0 Å². The van der Waals surface area contributed by atoms with Crippen LogP contribution in [0, 0.1) is 0 Å². The Balaban J connectivity index is 2.48. The number of rotatable bonds is 4. The number of aldehydes is 1. The minimum atomic E-state index is -0.459. The van der Waals surface area contributed by atoms with Crippen LogP contribution < -0.4 is 9.64 Å². The fraction of sp³-hybridized carbons (Fsp3) is 0.286. The van der Waals surface area contributed by atoms with Crippen molar-refractivity contribution in [3.8, 4) is 5.75 Å². The first kappa shape index (κ1) is 12.4. The number of ether oxygens (including phenoxy) is 1. The SMILES string of the molecule is C=CCN1C(=O)C(CC)Oc2ccc(C=O)cc21. The zero-order chi connectivity index (χ0) is 13.1. The Bertz CT molecular complexity index is 496. The van der Waals surface area contributed by atoms with Crippen LogP contribution in [0.5, 0.6) is 5.75 Å². The maximum atomic E-state index is 12.2. The lowest BCUT2D eigenvalue weighted by Crippen LogP contribution is -2.45. The third-order valence-electron chi connectivity index (χ3n) is 2.90. The van der Waals surface area contributed by atoms with Gasteiger partial charge in [-0.05, 0) is 24.6 Å². The summed E-state index contributed by atoms with van der Waals surface area (Å²) in [7, 11) is 0. The summed E-state index contributed by atoms with van der Waals surface area (Å²) >= 11 is 0. The number of carbonyl (C=O) groups is 2.